The smallest absolute Gasteiger partial charge is 0.303 e. The molecule has 0 fully saturated rings. The van der Waals surface area contributed by atoms with Gasteiger partial charge in [-0.3, -0.25) is 9.59 Å². The maximum absolute atomic E-state index is 14.6. The van der Waals surface area contributed by atoms with Gasteiger partial charge in [0.15, 0.2) is 0 Å². The molecule has 12 heteroatoms. The van der Waals surface area contributed by atoms with Crippen LogP contribution in [0.25, 0.3) is 22.3 Å². The second-order valence-electron chi connectivity index (χ2n) is 16.4. The van der Waals surface area contributed by atoms with Crippen molar-refractivity contribution in [1.29, 1.82) is 0 Å². The molecule has 66 heavy (non-hydrogen) atoms. The molecule has 0 amide bonds. The fourth-order valence-electron chi connectivity index (χ4n) is 7.05. The Hall–Kier alpha value is -7.08. The number of methoxy groups -OCH3 is 2. The summed E-state index contributed by atoms with van der Waals surface area (Å²) in [7, 11) is 3.08. The van der Waals surface area contributed by atoms with Gasteiger partial charge >= 0.3 is 11.9 Å². The number of benzene rings is 6. The molecule has 0 unspecified atom stereocenters. The van der Waals surface area contributed by atoms with Gasteiger partial charge in [0.25, 0.3) is 0 Å². The molecule has 0 aliphatic heterocycles. The number of hydrogen-bond donors (Lipinski definition) is 2. The van der Waals surface area contributed by atoms with Crippen LogP contribution in [0.2, 0.25) is 0 Å². The minimum absolute atomic E-state index is 0.0572. The van der Waals surface area contributed by atoms with Crippen LogP contribution in [-0.4, -0.2) is 48.6 Å². The van der Waals surface area contributed by atoms with E-state index in [1.54, 1.807) is 38.5 Å². The molecule has 0 aromatic heterocycles. The Morgan fingerprint density at radius 3 is 1.23 bits per heavy atom. The Morgan fingerprint density at radius 2 is 0.879 bits per heavy atom. The quantitative estimate of drug-likeness (QED) is 0.0763. The number of rotatable bonds is 20. The fraction of sp³-hybridized carbons (Fsp3) is 0.296. The number of carbonyl (C=O) groups is 2. The molecular weight excluding hydrogens is 847 g/mol. The van der Waals surface area contributed by atoms with Crippen molar-refractivity contribution in [3.05, 3.63) is 155 Å². The predicted molar refractivity (Wildman–Crippen MR) is 251 cm³/mol. The first-order chi connectivity index (χ1) is 31.5. The molecule has 0 saturated carbocycles. The molecule has 0 saturated heterocycles. The average molecular weight is 905 g/mol. The lowest BCUT2D eigenvalue weighted by molar-refractivity contribution is -0.138. The van der Waals surface area contributed by atoms with E-state index in [1.807, 2.05) is 126 Å². The van der Waals surface area contributed by atoms with Gasteiger partial charge in [-0.2, -0.15) is 0 Å². The zero-order valence-electron chi connectivity index (χ0n) is 38.6. The van der Waals surface area contributed by atoms with Crippen molar-refractivity contribution in [2.45, 2.75) is 91.6 Å². The molecule has 0 spiro atoms. The van der Waals surface area contributed by atoms with E-state index in [-0.39, 0.29) is 61.7 Å². The lowest BCUT2D eigenvalue weighted by Crippen LogP contribution is -2.08. The Bertz CT molecular complexity index is 2400. The summed E-state index contributed by atoms with van der Waals surface area (Å²) in [4.78, 5) is 22.0. The molecule has 10 nitrogen and oxygen atoms in total. The van der Waals surface area contributed by atoms with Crippen LogP contribution in [0.5, 0.6) is 34.5 Å². The lowest BCUT2D eigenvalue weighted by atomic mass is 9.98. The van der Waals surface area contributed by atoms with Gasteiger partial charge in [0.1, 0.15) is 59.3 Å². The van der Waals surface area contributed by atoms with Gasteiger partial charge in [0, 0.05) is 22.3 Å². The van der Waals surface area contributed by atoms with Crippen LogP contribution in [0.4, 0.5) is 8.78 Å². The number of ether oxygens (including phenoxy) is 6. The molecule has 0 aliphatic carbocycles. The number of halogens is 2. The first-order valence-electron chi connectivity index (χ1n) is 21.7. The zero-order valence-corrected chi connectivity index (χ0v) is 38.6. The summed E-state index contributed by atoms with van der Waals surface area (Å²) in [5.41, 5.74) is 5.60. The summed E-state index contributed by atoms with van der Waals surface area (Å²) in [6.45, 7) is 12.0. The van der Waals surface area contributed by atoms with E-state index < -0.39 is 11.9 Å². The molecule has 0 heterocycles. The third-order valence-corrected chi connectivity index (χ3v) is 10.4. The van der Waals surface area contributed by atoms with Crippen molar-refractivity contribution in [1.82, 2.24) is 0 Å². The van der Waals surface area contributed by atoms with Crippen molar-refractivity contribution in [2.75, 3.05) is 14.2 Å². The lowest BCUT2D eigenvalue weighted by Gasteiger charge is -2.17. The topological polar surface area (TPSA) is 130 Å². The summed E-state index contributed by atoms with van der Waals surface area (Å²) in [6, 6.07) is 35.2. The number of carboxylic acids is 2. The van der Waals surface area contributed by atoms with Crippen LogP contribution in [0.1, 0.15) is 88.5 Å². The van der Waals surface area contributed by atoms with E-state index in [0.29, 0.717) is 56.8 Å². The summed E-state index contributed by atoms with van der Waals surface area (Å²) in [5, 5.41) is 18.1. The van der Waals surface area contributed by atoms with E-state index >= 15 is 0 Å². The van der Waals surface area contributed by atoms with Crippen LogP contribution in [0, 0.1) is 11.6 Å². The van der Waals surface area contributed by atoms with Gasteiger partial charge in [-0.25, -0.2) is 8.78 Å². The van der Waals surface area contributed by atoms with Crippen molar-refractivity contribution in [3.8, 4) is 56.8 Å². The van der Waals surface area contributed by atoms with Crippen LogP contribution in [-0.2, 0) is 22.8 Å². The summed E-state index contributed by atoms with van der Waals surface area (Å²) < 4.78 is 63.6. The fourth-order valence-corrected chi connectivity index (χ4v) is 7.05. The molecule has 0 radical (unpaired) electrons. The molecule has 2 N–H and O–H groups in total. The van der Waals surface area contributed by atoms with Crippen LogP contribution < -0.4 is 28.4 Å². The van der Waals surface area contributed by atoms with Gasteiger partial charge < -0.3 is 38.6 Å². The summed E-state index contributed by atoms with van der Waals surface area (Å²) >= 11 is 0. The maximum Gasteiger partial charge on any atom is 0.303 e. The molecule has 0 aliphatic rings. The first kappa shape index (κ1) is 49.9. The monoisotopic (exact) mass is 904 g/mol. The third kappa shape index (κ3) is 14.5. The van der Waals surface area contributed by atoms with E-state index in [0.717, 1.165) is 22.3 Å². The van der Waals surface area contributed by atoms with Crippen LogP contribution in [0.3, 0.4) is 0 Å². The summed E-state index contributed by atoms with van der Waals surface area (Å²) in [5.74, 6) is 0.919. The molecule has 6 aromatic rings. The highest BCUT2D eigenvalue weighted by Crippen LogP contribution is 2.38. The Kier molecular flexibility index (Phi) is 18.0. The number of carboxylic acid groups (broad SMARTS) is 2. The van der Waals surface area contributed by atoms with Crippen molar-refractivity contribution < 1.29 is 57.0 Å². The third-order valence-electron chi connectivity index (χ3n) is 10.4. The highest BCUT2D eigenvalue weighted by molar-refractivity contribution is 5.74. The van der Waals surface area contributed by atoms with E-state index in [9.17, 15) is 18.4 Å². The van der Waals surface area contributed by atoms with Gasteiger partial charge in [0.2, 0.25) is 0 Å². The van der Waals surface area contributed by atoms with Gasteiger partial charge in [0.05, 0.1) is 39.3 Å². The normalized spacial score (nSPS) is 11.8. The SMILES string of the molecule is COc1ccc(F)c(-c2ccc(COc3cccc([C@@H](C)CC(=O)O)c3)cc2OC(C)C)c1.COc1ccc(F)c(-c2ccc(COc3cccc([C@H](C)CC(=O)O)c3)cc2OC(C)C)c1. The molecule has 0 bridgehead atoms. The molecule has 6 aromatic carbocycles. The minimum Gasteiger partial charge on any atom is -0.497 e. The van der Waals surface area contributed by atoms with Crippen LogP contribution in [0.15, 0.2) is 121 Å². The van der Waals surface area contributed by atoms with Crippen LogP contribution >= 0.6 is 0 Å². The molecule has 6 rings (SSSR count). The molecular formula is C54H58F2O10. The number of hydrogen-bond acceptors (Lipinski definition) is 8. The Balaban J connectivity index is 0.000000247. The molecule has 2 atom stereocenters. The summed E-state index contributed by atoms with van der Waals surface area (Å²) in [6.07, 6.45) is -0.0782. The first-order valence-corrected chi connectivity index (χ1v) is 21.7. The maximum atomic E-state index is 14.6. The molecule has 348 valence electrons. The second-order valence-corrected chi connectivity index (χ2v) is 16.4. The van der Waals surface area contributed by atoms with Crippen molar-refractivity contribution >= 4 is 11.9 Å². The largest absolute Gasteiger partial charge is 0.497 e. The van der Waals surface area contributed by atoms with Crippen molar-refractivity contribution in [2.24, 2.45) is 0 Å². The van der Waals surface area contributed by atoms with Gasteiger partial charge in [-0.15, -0.1) is 0 Å². The van der Waals surface area contributed by atoms with E-state index in [4.69, 9.17) is 38.6 Å². The average Bonchev–Trinajstić information content (AvgIpc) is 3.28. The van der Waals surface area contributed by atoms with E-state index in [2.05, 4.69) is 0 Å². The van der Waals surface area contributed by atoms with Gasteiger partial charge in [-0.1, -0.05) is 62.4 Å². The van der Waals surface area contributed by atoms with E-state index in [1.165, 1.54) is 12.1 Å². The second kappa shape index (κ2) is 23.7. The Morgan fingerprint density at radius 1 is 0.485 bits per heavy atom. The standard InChI is InChI=1S/2C27H29FO5/c2*1-17(2)33-26-13-19(8-10-23(26)24-15-21(31-4)9-11-25(24)28)16-32-22-7-5-6-20(14-22)18(3)12-27(29)30/h2*5-11,13-15,17-18H,12,16H2,1-4H3,(H,29,30)/t2*18-/m10/s1. The highest BCUT2D eigenvalue weighted by Gasteiger charge is 2.18. The van der Waals surface area contributed by atoms with Gasteiger partial charge in [-0.05, 0) is 135 Å². The highest BCUT2D eigenvalue weighted by atomic mass is 19.1. The Labute approximate surface area is 385 Å². The zero-order chi connectivity index (χ0) is 47.9. The predicted octanol–water partition coefficient (Wildman–Crippen LogP) is 12.9. The van der Waals surface area contributed by atoms with Crippen molar-refractivity contribution in [3.63, 3.8) is 0 Å². The number of aliphatic carboxylic acids is 2. The minimum atomic E-state index is -0.834.